The van der Waals surface area contributed by atoms with E-state index >= 15 is 4.39 Å². The van der Waals surface area contributed by atoms with E-state index in [1.165, 1.54) is 28.4 Å². The molecule has 0 N–H and O–H groups in total. The SMILES string of the molecule is Cc1cc(F)cc(C2(F)CCN(C(=O)c3sc4ccccc4c3CS(C)(=O)=O)C2)c1. The Morgan fingerprint density at radius 3 is 2.67 bits per heavy atom. The second-order valence-electron chi connectivity index (χ2n) is 7.94. The largest absolute Gasteiger partial charge is 0.334 e. The summed E-state index contributed by atoms with van der Waals surface area (Å²) in [6, 6.07) is 11.4. The molecule has 2 heterocycles. The number of hydrogen-bond acceptors (Lipinski definition) is 4. The highest BCUT2D eigenvalue weighted by Crippen LogP contribution is 2.39. The molecular formula is C22H21F2NO3S2. The molecule has 0 spiro atoms. The van der Waals surface area contributed by atoms with Crippen LogP contribution < -0.4 is 0 Å². The molecule has 4 nitrogen and oxygen atoms in total. The fourth-order valence-corrected chi connectivity index (χ4v) is 6.10. The summed E-state index contributed by atoms with van der Waals surface area (Å²) >= 11 is 1.22. The van der Waals surface area contributed by atoms with Crippen molar-refractivity contribution in [2.45, 2.75) is 24.8 Å². The number of benzene rings is 2. The smallest absolute Gasteiger partial charge is 0.264 e. The summed E-state index contributed by atoms with van der Waals surface area (Å²) in [5.74, 6) is -1.15. The lowest BCUT2D eigenvalue weighted by molar-refractivity contribution is 0.0754. The molecule has 2 aromatic carbocycles. The van der Waals surface area contributed by atoms with E-state index in [2.05, 4.69) is 0 Å². The van der Waals surface area contributed by atoms with E-state index in [0.717, 1.165) is 16.3 Å². The summed E-state index contributed by atoms with van der Waals surface area (Å²) in [5, 5.41) is 0.725. The molecule has 1 aliphatic rings. The van der Waals surface area contributed by atoms with Crippen LogP contribution >= 0.6 is 11.3 Å². The van der Waals surface area contributed by atoms with Crippen molar-refractivity contribution in [1.82, 2.24) is 4.90 Å². The molecule has 158 valence electrons. The van der Waals surface area contributed by atoms with Gasteiger partial charge in [0.1, 0.15) is 5.82 Å². The molecule has 0 radical (unpaired) electrons. The van der Waals surface area contributed by atoms with Gasteiger partial charge in [0.05, 0.1) is 17.2 Å². The van der Waals surface area contributed by atoms with E-state index in [1.54, 1.807) is 25.1 Å². The van der Waals surface area contributed by atoms with Gasteiger partial charge in [0, 0.05) is 23.9 Å². The lowest BCUT2D eigenvalue weighted by Crippen LogP contribution is -2.32. The van der Waals surface area contributed by atoms with Gasteiger partial charge in [0.15, 0.2) is 15.5 Å². The normalized spacial score (nSPS) is 19.5. The number of aryl methyl sites for hydroxylation is 1. The van der Waals surface area contributed by atoms with Crippen molar-refractivity contribution in [3.05, 3.63) is 69.8 Å². The standard InChI is InChI=1S/C22H21F2NO3S2/c1-14-9-15(11-16(23)10-14)22(24)7-8-25(13-22)21(26)20-18(12-30(2,27)28)17-5-3-4-6-19(17)29-20/h3-6,9-11H,7-8,12-13H2,1-2H3. The minimum atomic E-state index is -3.37. The maximum atomic E-state index is 15.7. The molecule has 0 bridgehead atoms. The third kappa shape index (κ3) is 3.98. The zero-order valence-electron chi connectivity index (χ0n) is 16.6. The molecule has 1 atom stereocenters. The Kier molecular flexibility index (Phi) is 5.18. The van der Waals surface area contributed by atoms with Crippen molar-refractivity contribution >= 4 is 37.2 Å². The van der Waals surface area contributed by atoms with E-state index in [9.17, 15) is 17.6 Å². The average molecular weight is 450 g/mol. The van der Waals surface area contributed by atoms with Gasteiger partial charge in [-0.25, -0.2) is 17.2 Å². The van der Waals surface area contributed by atoms with Crippen molar-refractivity contribution < 1.29 is 22.0 Å². The number of thiophene rings is 1. The van der Waals surface area contributed by atoms with Crippen LogP contribution in [0, 0.1) is 12.7 Å². The third-order valence-corrected chi connectivity index (χ3v) is 7.38. The number of hydrogen-bond donors (Lipinski definition) is 0. The first-order valence-electron chi connectivity index (χ1n) is 9.50. The minimum Gasteiger partial charge on any atom is -0.334 e. The number of nitrogens with zero attached hydrogens (tertiary/aromatic N) is 1. The van der Waals surface area contributed by atoms with Gasteiger partial charge in [0.25, 0.3) is 5.91 Å². The second kappa shape index (κ2) is 7.42. The lowest BCUT2D eigenvalue weighted by Gasteiger charge is -2.22. The predicted molar refractivity (Wildman–Crippen MR) is 115 cm³/mol. The molecule has 8 heteroatoms. The van der Waals surface area contributed by atoms with Crippen LogP contribution in [0.4, 0.5) is 8.78 Å². The first-order valence-corrected chi connectivity index (χ1v) is 12.4. The Morgan fingerprint density at radius 2 is 1.97 bits per heavy atom. The fourth-order valence-electron chi connectivity index (χ4n) is 4.00. The monoisotopic (exact) mass is 449 g/mol. The zero-order valence-corrected chi connectivity index (χ0v) is 18.2. The molecule has 1 amide bonds. The van der Waals surface area contributed by atoms with Crippen molar-refractivity contribution in [2.24, 2.45) is 0 Å². The number of amides is 1. The number of halogens is 2. The highest BCUT2D eigenvalue weighted by Gasteiger charge is 2.43. The number of fused-ring (bicyclic) bond motifs is 1. The van der Waals surface area contributed by atoms with E-state index in [4.69, 9.17) is 0 Å². The van der Waals surface area contributed by atoms with E-state index < -0.39 is 21.3 Å². The fraction of sp³-hybridized carbons (Fsp3) is 0.318. The third-order valence-electron chi connectivity index (χ3n) is 5.37. The number of sulfone groups is 1. The Hall–Kier alpha value is -2.32. The topological polar surface area (TPSA) is 54.5 Å². The summed E-state index contributed by atoms with van der Waals surface area (Å²) in [5.41, 5.74) is -0.535. The van der Waals surface area contributed by atoms with Crippen LogP contribution in [0.3, 0.4) is 0 Å². The maximum Gasteiger partial charge on any atom is 0.264 e. The Bertz CT molecular complexity index is 1230. The highest BCUT2D eigenvalue weighted by atomic mass is 32.2. The van der Waals surface area contributed by atoms with Crippen molar-refractivity contribution in [3.8, 4) is 0 Å². The Balaban J connectivity index is 1.69. The van der Waals surface area contributed by atoms with Crippen LogP contribution in [0.5, 0.6) is 0 Å². The van der Waals surface area contributed by atoms with Crippen molar-refractivity contribution in [3.63, 3.8) is 0 Å². The number of rotatable bonds is 4. The number of alkyl halides is 1. The first kappa shape index (κ1) is 20.9. The molecule has 1 unspecified atom stereocenters. The van der Waals surface area contributed by atoms with Crippen molar-refractivity contribution in [2.75, 3.05) is 19.3 Å². The van der Waals surface area contributed by atoms with E-state index in [1.807, 2.05) is 12.1 Å². The van der Waals surface area contributed by atoms with Gasteiger partial charge in [-0.15, -0.1) is 11.3 Å². The first-order chi connectivity index (χ1) is 14.1. The molecule has 0 aliphatic carbocycles. The zero-order chi connectivity index (χ0) is 21.7. The molecule has 30 heavy (non-hydrogen) atoms. The molecule has 0 saturated carbocycles. The van der Waals surface area contributed by atoms with Gasteiger partial charge in [0.2, 0.25) is 0 Å². The molecular weight excluding hydrogens is 428 g/mol. The molecule has 3 aromatic rings. The second-order valence-corrected chi connectivity index (χ2v) is 11.1. The molecule has 1 aromatic heterocycles. The summed E-state index contributed by atoms with van der Waals surface area (Å²) in [4.78, 5) is 15.0. The van der Waals surface area contributed by atoms with Gasteiger partial charge < -0.3 is 4.90 Å². The van der Waals surface area contributed by atoms with Crippen LogP contribution in [0.2, 0.25) is 0 Å². The predicted octanol–water partition coefficient (Wildman–Crippen LogP) is 4.60. The average Bonchev–Trinajstić information content (AvgIpc) is 3.22. The van der Waals surface area contributed by atoms with Crippen LogP contribution in [0.25, 0.3) is 10.1 Å². The number of carbonyl (C=O) groups excluding carboxylic acids is 1. The number of likely N-dealkylation sites (tertiary alicyclic amines) is 1. The van der Waals surface area contributed by atoms with Gasteiger partial charge in [-0.2, -0.15) is 0 Å². The van der Waals surface area contributed by atoms with Gasteiger partial charge in [-0.3, -0.25) is 4.79 Å². The minimum absolute atomic E-state index is 0.0634. The summed E-state index contributed by atoms with van der Waals surface area (Å²) in [6.45, 7) is 1.68. The van der Waals surface area contributed by atoms with Crippen molar-refractivity contribution in [1.29, 1.82) is 0 Å². The van der Waals surface area contributed by atoms with Gasteiger partial charge in [-0.1, -0.05) is 24.3 Å². The molecule has 1 saturated heterocycles. The molecule has 4 rings (SSSR count). The van der Waals surface area contributed by atoms with Gasteiger partial charge in [-0.05, 0) is 47.2 Å². The van der Waals surface area contributed by atoms with E-state index in [-0.39, 0.29) is 36.7 Å². The van der Waals surface area contributed by atoms with Crippen LogP contribution in [-0.4, -0.2) is 38.6 Å². The Morgan fingerprint density at radius 1 is 1.23 bits per heavy atom. The van der Waals surface area contributed by atoms with E-state index in [0.29, 0.717) is 16.0 Å². The molecule has 1 fully saturated rings. The maximum absolute atomic E-state index is 15.7. The lowest BCUT2D eigenvalue weighted by atomic mass is 9.93. The summed E-state index contributed by atoms with van der Waals surface area (Å²) in [7, 11) is -3.37. The summed E-state index contributed by atoms with van der Waals surface area (Å²) in [6.07, 6.45) is 1.19. The highest BCUT2D eigenvalue weighted by molar-refractivity contribution is 7.89. The molecule has 1 aliphatic heterocycles. The quantitative estimate of drug-likeness (QED) is 0.585. The Labute approximate surface area is 178 Å². The summed E-state index contributed by atoms with van der Waals surface area (Å²) < 4.78 is 54.2. The van der Waals surface area contributed by atoms with Gasteiger partial charge >= 0.3 is 0 Å². The van der Waals surface area contributed by atoms with Crippen LogP contribution in [0.1, 0.15) is 32.8 Å². The number of carbonyl (C=O) groups is 1. The van der Waals surface area contributed by atoms with Crippen LogP contribution in [0.15, 0.2) is 42.5 Å². The van der Waals surface area contributed by atoms with Crippen LogP contribution in [-0.2, 0) is 21.3 Å².